The molecule has 186 valence electrons. The summed E-state index contributed by atoms with van der Waals surface area (Å²) in [5.41, 5.74) is 6.63. The van der Waals surface area contributed by atoms with Gasteiger partial charge < -0.3 is 21.5 Å². The van der Waals surface area contributed by atoms with Crippen LogP contribution in [-0.4, -0.2) is 38.9 Å². The third-order valence-electron chi connectivity index (χ3n) is 5.44. The van der Waals surface area contributed by atoms with Crippen LogP contribution in [0.2, 0.25) is 5.02 Å². The van der Waals surface area contributed by atoms with Gasteiger partial charge in [-0.2, -0.15) is 5.10 Å². The Bertz CT molecular complexity index is 1390. The second-order valence-electron chi connectivity index (χ2n) is 7.94. The van der Waals surface area contributed by atoms with Crippen LogP contribution >= 0.6 is 11.6 Å². The number of aliphatic hydroxyl groups is 1. The van der Waals surface area contributed by atoms with Crippen LogP contribution in [0.25, 0.3) is 17.0 Å². The van der Waals surface area contributed by atoms with Gasteiger partial charge in [0.2, 0.25) is 0 Å². The molecule has 0 fully saturated rings. The molecule has 1 amide bonds. The first-order valence-corrected chi connectivity index (χ1v) is 11.4. The number of carbonyl (C=O) groups excluding carboxylic acids is 1. The highest BCUT2D eigenvalue weighted by Gasteiger charge is 2.21. The Morgan fingerprint density at radius 2 is 2.06 bits per heavy atom. The van der Waals surface area contributed by atoms with Crippen LogP contribution in [0.1, 0.15) is 28.5 Å². The van der Waals surface area contributed by atoms with Crippen LogP contribution in [-0.2, 0) is 0 Å². The van der Waals surface area contributed by atoms with Gasteiger partial charge in [0.1, 0.15) is 11.5 Å². The summed E-state index contributed by atoms with van der Waals surface area (Å²) in [7, 11) is 0. The first-order valence-electron chi connectivity index (χ1n) is 11.0. The fraction of sp³-hybridized carbons (Fsp3) is 0.160. The maximum Gasteiger partial charge on any atom is 0.271 e. The predicted molar refractivity (Wildman–Crippen MR) is 135 cm³/mol. The first-order chi connectivity index (χ1) is 17.3. The van der Waals surface area contributed by atoms with Crippen LogP contribution in [0, 0.1) is 11.6 Å². The summed E-state index contributed by atoms with van der Waals surface area (Å²) >= 11 is 6.41. The summed E-state index contributed by atoms with van der Waals surface area (Å²) in [6, 6.07) is 6.71. The van der Waals surface area contributed by atoms with Gasteiger partial charge in [-0.3, -0.25) is 4.79 Å². The van der Waals surface area contributed by atoms with Crippen molar-refractivity contribution >= 4 is 34.8 Å². The predicted octanol–water partition coefficient (Wildman–Crippen LogP) is 4.32. The van der Waals surface area contributed by atoms with Crippen molar-refractivity contribution < 1.29 is 18.7 Å². The van der Waals surface area contributed by atoms with Gasteiger partial charge >= 0.3 is 0 Å². The van der Waals surface area contributed by atoms with Crippen LogP contribution < -0.4 is 16.4 Å². The summed E-state index contributed by atoms with van der Waals surface area (Å²) in [5, 5.41) is 19.5. The number of aromatic nitrogens is 3. The third kappa shape index (κ3) is 5.29. The number of allylic oxidation sites excluding steroid dienone is 4. The maximum atomic E-state index is 14.4. The number of hydrogen-bond acceptors (Lipinski definition) is 6. The van der Waals surface area contributed by atoms with Gasteiger partial charge in [0.15, 0.2) is 23.1 Å². The van der Waals surface area contributed by atoms with Crippen molar-refractivity contribution in [2.75, 3.05) is 24.2 Å². The molecule has 1 aliphatic rings. The Morgan fingerprint density at radius 1 is 1.25 bits per heavy atom. The van der Waals surface area contributed by atoms with Gasteiger partial charge in [0.05, 0.1) is 12.6 Å². The smallest absolute Gasteiger partial charge is 0.271 e. The SMILES string of the molecule is C=C(Nc1cc(C(=O)NCCO)nn1C1C=CC=CC1)c1cc(-c2nc(N)c(F)cc2F)ccc1Cl. The molecule has 0 saturated heterocycles. The van der Waals surface area contributed by atoms with Gasteiger partial charge in [0.25, 0.3) is 5.91 Å². The third-order valence-corrected chi connectivity index (χ3v) is 5.77. The number of aliphatic hydroxyl groups excluding tert-OH is 1. The molecule has 0 radical (unpaired) electrons. The van der Waals surface area contributed by atoms with E-state index in [-0.39, 0.29) is 30.6 Å². The summed E-state index contributed by atoms with van der Waals surface area (Å²) < 4.78 is 29.6. The number of nitrogen functional groups attached to an aromatic ring is 1. The minimum atomic E-state index is -0.949. The van der Waals surface area contributed by atoms with E-state index in [0.29, 0.717) is 40.2 Å². The van der Waals surface area contributed by atoms with Crippen molar-refractivity contribution in [1.82, 2.24) is 20.1 Å². The number of carbonyl (C=O) groups is 1. The summed E-state index contributed by atoms with van der Waals surface area (Å²) in [4.78, 5) is 16.3. The van der Waals surface area contributed by atoms with E-state index in [0.717, 1.165) is 0 Å². The highest BCUT2D eigenvalue weighted by molar-refractivity contribution is 6.32. The monoisotopic (exact) mass is 512 g/mol. The molecule has 1 aromatic carbocycles. The lowest BCUT2D eigenvalue weighted by Crippen LogP contribution is -2.27. The first kappa shape index (κ1) is 25.1. The van der Waals surface area contributed by atoms with Gasteiger partial charge in [0, 0.05) is 40.5 Å². The molecule has 0 bridgehead atoms. The van der Waals surface area contributed by atoms with Gasteiger partial charge in [-0.15, -0.1) is 0 Å². The number of rotatable bonds is 8. The van der Waals surface area contributed by atoms with Gasteiger partial charge in [-0.25, -0.2) is 18.4 Å². The highest BCUT2D eigenvalue weighted by atomic mass is 35.5. The molecule has 0 aliphatic heterocycles. The minimum Gasteiger partial charge on any atom is -0.395 e. The molecule has 5 N–H and O–H groups in total. The minimum absolute atomic E-state index is 0.0914. The van der Waals surface area contributed by atoms with Crippen LogP contribution in [0.15, 0.2) is 61.2 Å². The molecule has 4 rings (SSSR count). The molecule has 0 spiro atoms. The van der Waals surface area contributed by atoms with E-state index in [4.69, 9.17) is 22.4 Å². The van der Waals surface area contributed by atoms with Gasteiger partial charge in [-0.1, -0.05) is 48.6 Å². The fourth-order valence-electron chi connectivity index (χ4n) is 3.67. The number of hydrogen-bond donors (Lipinski definition) is 4. The Balaban J connectivity index is 1.67. The Hall–Kier alpha value is -4.02. The van der Waals surface area contributed by atoms with Crippen molar-refractivity contribution in [1.29, 1.82) is 0 Å². The molecule has 2 heterocycles. The maximum absolute atomic E-state index is 14.4. The topological polar surface area (TPSA) is 118 Å². The Kier molecular flexibility index (Phi) is 7.47. The quantitative estimate of drug-likeness (QED) is 0.357. The standard InChI is InChI=1S/C25H23ClF2N6O2/c1-14(17-11-15(7-8-18(17)26)23-19(27)12-20(28)24(29)32-23)31-22-13-21(25(36)30-9-10-35)33-34(22)16-5-3-2-4-6-16/h2-5,7-8,11-13,16,31,35H,1,6,9-10H2,(H2,29,32)(H,30,36). The molecule has 1 atom stereocenters. The van der Waals surface area contributed by atoms with Crippen LogP contribution in [0.5, 0.6) is 0 Å². The molecule has 1 aliphatic carbocycles. The van der Waals surface area contributed by atoms with Crippen LogP contribution in [0.4, 0.5) is 20.4 Å². The van der Waals surface area contributed by atoms with E-state index >= 15 is 0 Å². The molecule has 2 aromatic heterocycles. The Labute approximate surface area is 210 Å². The molecule has 1 unspecified atom stereocenters. The lowest BCUT2D eigenvalue weighted by Gasteiger charge is -2.19. The summed E-state index contributed by atoms with van der Waals surface area (Å²) in [5.74, 6) is -2.22. The number of amides is 1. The molecular weight excluding hydrogens is 490 g/mol. The van der Waals surface area contributed by atoms with Crippen LogP contribution in [0.3, 0.4) is 0 Å². The number of nitrogens with zero attached hydrogens (tertiary/aromatic N) is 3. The fourth-order valence-corrected chi connectivity index (χ4v) is 3.90. The molecule has 0 saturated carbocycles. The van der Waals surface area contributed by atoms with Crippen molar-refractivity contribution in [3.63, 3.8) is 0 Å². The van der Waals surface area contributed by atoms with Crippen molar-refractivity contribution in [2.24, 2.45) is 0 Å². The van der Waals surface area contributed by atoms with E-state index in [1.807, 2.05) is 24.3 Å². The molecule has 3 aromatic rings. The molecule has 11 heteroatoms. The number of nitrogens with two attached hydrogens (primary N) is 1. The van der Waals surface area contributed by atoms with E-state index in [9.17, 15) is 13.6 Å². The number of anilines is 2. The lowest BCUT2D eigenvalue weighted by molar-refractivity contribution is 0.0938. The second kappa shape index (κ2) is 10.7. The molecule has 8 nitrogen and oxygen atoms in total. The van der Waals surface area contributed by atoms with E-state index in [1.54, 1.807) is 22.9 Å². The van der Waals surface area contributed by atoms with E-state index < -0.39 is 23.4 Å². The van der Waals surface area contributed by atoms with Crippen molar-refractivity contribution in [3.8, 4) is 11.3 Å². The number of nitrogens with one attached hydrogen (secondary N) is 2. The number of benzene rings is 1. The van der Waals surface area contributed by atoms with E-state index in [1.165, 1.54) is 6.07 Å². The second-order valence-corrected chi connectivity index (χ2v) is 8.35. The summed E-state index contributed by atoms with van der Waals surface area (Å²) in [6.07, 6.45) is 8.38. The highest BCUT2D eigenvalue weighted by Crippen LogP contribution is 2.32. The average molecular weight is 513 g/mol. The number of pyridine rings is 1. The molecule has 36 heavy (non-hydrogen) atoms. The van der Waals surface area contributed by atoms with E-state index in [2.05, 4.69) is 27.3 Å². The average Bonchev–Trinajstić information content (AvgIpc) is 3.29. The summed E-state index contributed by atoms with van der Waals surface area (Å²) in [6.45, 7) is 3.95. The largest absolute Gasteiger partial charge is 0.395 e. The molecular formula is C25H23ClF2N6O2. The zero-order valence-electron chi connectivity index (χ0n) is 19.0. The zero-order valence-corrected chi connectivity index (χ0v) is 19.8. The van der Waals surface area contributed by atoms with Gasteiger partial charge in [-0.05, 0) is 18.6 Å². The lowest BCUT2D eigenvalue weighted by atomic mass is 10.0. The normalized spacial score (nSPS) is 14.6. The Morgan fingerprint density at radius 3 is 2.78 bits per heavy atom. The zero-order chi connectivity index (χ0) is 25.8. The van der Waals surface area contributed by atoms with Crippen molar-refractivity contribution in [2.45, 2.75) is 12.5 Å². The number of halogens is 3. The van der Waals surface area contributed by atoms with Crippen molar-refractivity contribution in [3.05, 3.63) is 89.1 Å².